The van der Waals surface area contributed by atoms with E-state index >= 15 is 0 Å². The van der Waals surface area contributed by atoms with Crippen molar-refractivity contribution >= 4 is 23.2 Å². The molecule has 18 heavy (non-hydrogen) atoms. The fourth-order valence-electron chi connectivity index (χ4n) is 2.68. The van der Waals surface area contributed by atoms with Crippen LogP contribution in [0.2, 0.25) is 0 Å². The molecular weight excluding hydrogens is 250 g/mol. The fraction of sp³-hybridized carbons (Fsp3) is 0.538. The fourth-order valence-corrected chi connectivity index (χ4v) is 3.67. The molecule has 0 N–H and O–H groups in total. The molecule has 1 atom stereocenters. The van der Waals surface area contributed by atoms with E-state index in [9.17, 15) is 9.59 Å². The average molecular weight is 267 g/mol. The van der Waals surface area contributed by atoms with E-state index in [4.69, 9.17) is 4.74 Å². The summed E-state index contributed by atoms with van der Waals surface area (Å²) in [6.45, 7) is 1.48. The predicted molar refractivity (Wildman–Crippen MR) is 69.4 cm³/mol. The lowest BCUT2D eigenvalue weighted by Gasteiger charge is -2.41. The van der Waals surface area contributed by atoms with Gasteiger partial charge in [-0.25, -0.2) is 4.79 Å². The number of aryl methyl sites for hydroxylation is 1. The van der Waals surface area contributed by atoms with Gasteiger partial charge in [0.15, 0.2) is 5.54 Å². The lowest BCUT2D eigenvalue weighted by atomic mass is 9.79. The predicted octanol–water partition coefficient (Wildman–Crippen LogP) is 1.93. The Morgan fingerprint density at radius 3 is 2.83 bits per heavy atom. The lowest BCUT2D eigenvalue weighted by molar-refractivity contribution is -0.162. The van der Waals surface area contributed by atoms with Gasteiger partial charge in [0.25, 0.3) is 0 Å². The number of hydrogen-bond acceptors (Lipinski definition) is 4. The molecule has 1 unspecified atom stereocenters. The van der Waals surface area contributed by atoms with Gasteiger partial charge in [-0.1, -0.05) is 0 Å². The lowest BCUT2D eigenvalue weighted by Crippen LogP contribution is -2.54. The zero-order valence-electron chi connectivity index (χ0n) is 10.9. The first-order chi connectivity index (χ1) is 8.54. The standard InChI is InChI=1S/C13H17NO3S/c1-9(15)14(2)13(12(16)17-3)7-4-5-11-10(13)6-8-18-11/h6,8H,4-5,7H2,1-3H3. The van der Waals surface area contributed by atoms with E-state index in [0.29, 0.717) is 6.42 Å². The molecule has 0 saturated heterocycles. The molecule has 0 aromatic carbocycles. The van der Waals surface area contributed by atoms with Crippen LogP contribution in [0, 0.1) is 0 Å². The highest BCUT2D eigenvalue weighted by Gasteiger charge is 2.49. The first kappa shape index (κ1) is 13.1. The monoisotopic (exact) mass is 267 g/mol. The number of likely N-dealkylation sites (N-methyl/N-ethyl adjacent to an activating group) is 1. The zero-order chi connectivity index (χ0) is 13.3. The van der Waals surface area contributed by atoms with E-state index in [-0.39, 0.29) is 11.9 Å². The highest BCUT2D eigenvalue weighted by Crippen LogP contribution is 2.42. The van der Waals surface area contributed by atoms with Crippen LogP contribution in [0.5, 0.6) is 0 Å². The Hall–Kier alpha value is -1.36. The third-order valence-corrected chi connectivity index (χ3v) is 4.68. The van der Waals surface area contributed by atoms with Gasteiger partial charge in [-0.2, -0.15) is 0 Å². The minimum absolute atomic E-state index is 0.126. The average Bonchev–Trinajstić information content (AvgIpc) is 2.84. The molecular formula is C13H17NO3S. The first-order valence-corrected chi connectivity index (χ1v) is 6.81. The van der Waals surface area contributed by atoms with Crippen molar-refractivity contribution in [3.63, 3.8) is 0 Å². The van der Waals surface area contributed by atoms with E-state index in [0.717, 1.165) is 18.4 Å². The quantitative estimate of drug-likeness (QED) is 0.769. The number of esters is 1. The maximum absolute atomic E-state index is 12.3. The summed E-state index contributed by atoms with van der Waals surface area (Å²) >= 11 is 1.64. The molecule has 1 heterocycles. The third-order valence-electron chi connectivity index (χ3n) is 3.70. The van der Waals surface area contributed by atoms with Gasteiger partial charge in [0.1, 0.15) is 0 Å². The Morgan fingerprint density at radius 2 is 2.22 bits per heavy atom. The maximum atomic E-state index is 12.3. The molecule has 1 aliphatic carbocycles. The minimum atomic E-state index is -0.936. The molecule has 0 radical (unpaired) electrons. The number of methoxy groups -OCH3 is 1. The van der Waals surface area contributed by atoms with Gasteiger partial charge in [0, 0.05) is 24.4 Å². The van der Waals surface area contributed by atoms with Gasteiger partial charge in [0.2, 0.25) is 5.91 Å². The second kappa shape index (κ2) is 4.72. The van der Waals surface area contributed by atoms with Gasteiger partial charge in [-0.3, -0.25) is 4.79 Å². The molecule has 0 spiro atoms. The van der Waals surface area contributed by atoms with Gasteiger partial charge in [0.05, 0.1) is 7.11 Å². The smallest absolute Gasteiger partial charge is 0.336 e. The molecule has 98 valence electrons. The molecule has 1 aromatic rings. The van der Waals surface area contributed by atoms with Crippen molar-refractivity contribution in [1.82, 2.24) is 4.90 Å². The summed E-state index contributed by atoms with van der Waals surface area (Å²) in [5.41, 5.74) is -0.00273. The summed E-state index contributed by atoms with van der Waals surface area (Å²) in [5.74, 6) is -0.473. The first-order valence-electron chi connectivity index (χ1n) is 5.93. The summed E-state index contributed by atoms with van der Waals surface area (Å²) in [6.07, 6.45) is 2.48. The minimum Gasteiger partial charge on any atom is -0.467 e. The number of fused-ring (bicyclic) bond motifs is 1. The summed E-state index contributed by atoms with van der Waals surface area (Å²) in [7, 11) is 3.05. The number of ether oxygens (including phenoxy) is 1. The highest BCUT2D eigenvalue weighted by atomic mass is 32.1. The molecule has 1 aromatic heterocycles. The Balaban J connectivity index is 2.58. The largest absolute Gasteiger partial charge is 0.467 e. The topological polar surface area (TPSA) is 46.6 Å². The van der Waals surface area contributed by atoms with Crippen LogP contribution in [-0.4, -0.2) is 30.9 Å². The van der Waals surface area contributed by atoms with Gasteiger partial charge < -0.3 is 9.64 Å². The van der Waals surface area contributed by atoms with Crippen LogP contribution in [0.15, 0.2) is 11.4 Å². The summed E-state index contributed by atoms with van der Waals surface area (Å²) in [4.78, 5) is 26.7. The van der Waals surface area contributed by atoms with E-state index in [1.807, 2.05) is 11.4 Å². The Labute approximate surface area is 111 Å². The van der Waals surface area contributed by atoms with Crippen molar-refractivity contribution in [2.24, 2.45) is 0 Å². The molecule has 4 nitrogen and oxygen atoms in total. The number of carbonyl (C=O) groups excluding carboxylic acids is 2. The number of amides is 1. The van der Waals surface area contributed by atoms with Crippen LogP contribution in [0.25, 0.3) is 0 Å². The van der Waals surface area contributed by atoms with Crippen LogP contribution in [0.1, 0.15) is 30.2 Å². The molecule has 5 heteroatoms. The second-order valence-electron chi connectivity index (χ2n) is 4.54. The SMILES string of the molecule is COC(=O)C1(N(C)C(C)=O)CCCc2sccc21. The Morgan fingerprint density at radius 1 is 1.50 bits per heavy atom. The number of rotatable bonds is 2. The molecule has 2 rings (SSSR count). The third kappa shape index (κ3) is 1.73. The highest BCUT2D eigenvalue weighted by molar-refractivity contribution is 7.10. The van der Waals surface area contributed by atoms with Crippen LogP contribution in [-0.2, 0) is 26.3 Å². The van der Waals surface area contributed by atoms with E-state index in [1.54, 1.807) is 18.4 Å². The van der Waals surface area contributed by atoms with Crippen LogP contribution >= 0.6 is 11.3 Å². The number of thiophene rings is 1. The molecule has 1 amide bonds. The van der Waals surface area contributed by atoms with Crippen LogP contribution in [0.3, 0.4) is 0 Å². The Bertz CT molecular complexity index is 482. The van der Waals surface area contributed by atoms with Crippen molar-refractivity contribution in [1.29, 1.82) is 0 Å². The van der Waals surface area contributed by atoms with E-state index in [2.05, 4.69) is 0 Å². The van der Waals surface area contributed by atoms with Crippen molar-refractivity contribution in [2.75, 3.05) is 14.2 Å². The second-order valence-corrected chi connectivity index (χ2v) is 5.54. The molecule has 1 aliphatic rings. The van der Waals surface area contributed by atoms with Crippen molar-refractivity contribution in [3.8, 4) is 0 Å². The van der Waals surface area contributed by atoms with Gasteiger partial charge >= 0.3 is 5.97 Å². The summed E-state index contributed by atoms with van der Waals surface area (Å²) < 4.78 is 4.96. The molecule has 0 fully saturated rings. The molecule has 0 bridgehead atoms. The normalized spacial score (nSPS) is 22.2. The van der Waals surface area contributed by atoms with Crippen molar-refractivity contribution in [2.45, 2.75) is 31.7 Å². The Kier molecular flexibility index (Phi) is 3.43. The van der Waals surface area contributed by atoms with Gasteiger partial charge in [-0.15, -0.1) is 11.3 Å². The number of carbonyl (C=O) groups is 2. The molecule has 0 aliphatic heterocycles. The van der Waals surface area contributed by atoms with E-state index < -0.39 is 5.54 Å². The maximum Gasteiger partial charge on any atom is 0.336 e. The van der Waals surface area contributed by atoms with Crippen LogP contribution < -0.4 is 0 Å². The summed E-state index contributed by atoms with van der Waals surface area (Å²) in [5, 5.41) is 1.97. The number of hydrogen-bond donors (Lipinski definition) is 0. The van der Waals surface area contributed by atoms with Crippen molar-refractivity contribution in [3.05, 3.63) is 21.9 Å². The van der Waals surface area contributed by atoms with E-state index in [1.165, 1.54) is 23.8 Å². The van der Waals surface area contributed by atoms with Gasteiger partial charge in [-0.05, 0) is 30.7 Å². The van der Waals surface area contributed by atoms with Crippen LogP contribution in [0.4, 0.5) is 0 Å². The van der Waals surface area contributed by atoms with Crippen molar-refractivity contribution < 1.29 is 14.3 Å². The number of nitrogens with zero attached hydrogens (tertiary/aromatic N) is 1. The zero-order valence-corrected chi connectivity index (χ0v) is 11.7. The molecule has 0 saturated carbocycles. The summed E-state index contributed by atoms with van der Waals surface area (Å²) in [6, 6.07) is 1.94.